The van der Waals surface area contributed by atoms with Crippen molar-refractivity contribution in [3.63, 3.8) is 0 Å². The lowest BCUT2D eigenvalue weighted by atomic mass is 10.2. The number of amides is 1. The number of carboxylic acids is 1. The van der Waals surface area contributed by atoms with Gasteiger partial charge in [-0.1, -0.05) is 0 Å². The van der Waals surface area contributed by atoms with Crippen LogP contribution in [0.4, 0.5) is 0 Å². The fourth-order valence-corrected chi connectivity index (χ4v) is 2.01. The Morgan fingerprint density at radius 1 is 1.47 bits per heavy atom. The Morgan fingerprint density at radius 2 is 2.18 bits per heavy atom. The van der Waals surface area contributed by atoms with Crippen LogP contribution in [-0.2, 0) is 14.3 Å². The average molecular weight is 242 g/mol. The number of hydrogen-bond donors (Lipinski definition) is 1. The van der Waals surface area contributed by atoms with Gasteiger partial charge in [0.2, 0.25) is 5.91 Å². The summed E-state index contributed by atoms with van der Waals surface area (Å²) in [6, 6.07) is -0.327. The van der Waals surface area contributed by atoms with Crippen molar-refractivity contribution >= 4 is 11.9 Å². The van der Waals surface area contributed by atoms with Crippen LogP contribution in [0.25, 0.3) is 0 Å². The van der Waals surface area contributed by atoms with Crippen molar-refractivity contribution in [3.8, 4) is 0 Å². The van der Waals surface area contributed by atoms with Crippen LogP contribution in [0.1, 0.15) is 12.8 Å². The molecule has 2 fully saturated rings. The number of carboxylic acid groups (broad SMARTS) is 1. The number of carbonyl (C=O) groups is 2. The highest BCUT2D eigenvalue weighted by Crippen LogP contribution is 2.25. The van der Waals surface area contributed by atoms with E-state index in [-0.39, 0.29) is 19.1 Å². The standard InChI is InChI=1S/C11H18N2O4/c1-12(8-2-3-8)10(14)6-13-4-5-17-7-9(13)11(15)16/h8-9H,2-7H2,1H3,(H,15,16). The molecule has 1 saturated carbocycles. The second kappa shape index (κ2) is 5.01. The smallest absolute Gasteiger partial charge is 0.323 e. The van der Waals surface area contributed by atoms with Crippen LogP contribution in [0, 0.1) is 0 Å². The van der Waals surface area contributed by atoms with Gasteiger partial charge in [-0.2, -0.15) is 0 Å². The zero-order valence-corrected chi connectivity index (χ0v) is 9.96. The number of nitrogens with zero attached hydrogens (tertiary/aromatic N) is 2. The van der Waals surface area contributed by atoms with E-state index in [4.69, 9.17) is 9.84 Å². The van der Waals surface area contributed by atoms with E-state index >= 15 is 0 Å². The molecule has 0 aromatic heterocycles. The molecule has 1 heterocycles. The molecule has 1 atom stereocenters. The largest absolute Gasteiger partial charge is 0.480 e. The molecule has 1 aliphatic carbocycles. The summed E-state index contributed by atoms with van der Waals surface area (Å²) in [4.78, 5) is 26.3. The highest BCUT2D eigenvalue weighted by molar-refractivity contribution is 5.80. The van der Waals surface area contributed by atoms with Gasteiger partial charge in [-0.15, -0.1) is 0 Å². The minimum Gasteiger partial charge on any atom is -0.480 e. The second-order valence-electron chi connectivity index (χ2n) is 4.64. The van der Waals surface area contributed by atoms with Gasteiger partial charge < -0.3 is 14.7 Å². The fourth-order valence-electron chi connectivity index (χ4n) is 2.01. The van der Waals surface area contributed by atoms with E-state index in [0.29, 0.717) is 19.2 Å². The summed E-state index contributed by atoms with van der Waals surface area (Å²) in [6.45, 7) is 1.33. The van der Waals surface area contributed by atoms with E-state index in [9.17, 15) is 9.59 Å². The minimum absolute atomic E-state index is 0.000602. The Hall–Kier alpha value is -1.14. The third-order valence-corrected chi connectivity index (χ3v) is 3.35. The molecule has 0 bridgehead atoms. The molecule has 1 amide bonds. The first-order valence-electron chi connectivity index (χ1n) is 5.90. The van der Waals surface area contributed by atoms with Crippen molar-refractivity contribution in [2.75, 3.05) is 33.4 Å². The van der Waals surface area contributed by atoms with Gasteiger partial charge in [-0.25, -0.2) is 0 Å². The molecule has 2 aliphatic rings. The number of morpholine rings is 1. The quantitative estimate of drug-likeness (QED) is 0.712. The zero-order valence-electron chi connectivity index (χ0n) is 9.96. The van der Waals surface area contributed by atoms with Crippen molar-refractivity contribution in [1.29, 1.82) is 0 Å². The average Bonchev–Trinajstić information content (AvgIpc) is 3.12. The Balaban J connectivity index is 1.90. The van der Waals surface area contributed by atoms with Gasteiger partial charge in [0.05, 0.1) is 19.8 Å². The highest BCUT2D eigenvalue weighted by atomic mass is 16.5. The summed E-state index contributed by atoms with van der Waals surface area (Å²) in [5.41, 5.74) is 0. The van der Waals surface area contributed by atoms with E-state index in [1.807, 2.05) is 0 Å². The summed E-state index contributed by atoms with van der Waals surface area (Å²) < 4.78 is 5.13. The molecule has 0 radical (unpaired) electrons. The molecule has 17 heavy (non-hydrogen) atoms. The Bertz CT molecular complexity index is 317. The predicted octanol–water partition coefficient (Wildman–Crippen LogP) is -0.607. The number of ether oxygens (including phenoxy) is 1. The summed E-state index contributed by atoms with van der Waals surface area (Å²) in [5.74, 6) is -0.924. The number of rotatable bonds is 4. The lowest BCUT2D eigenvalue weighted by molar-refractivity contribution is -0.151. The van der Waals surface area contributed by atoms with Gasteiger partial charge in [0.25, 0.3) is 0 Å². The Morgan fingerprint density at radius 3 is 2.76 bits per heavy atom. The summed E-state index contributed by atoms with van der Waals surface area (Å²) in [7, 11) is 1.79. The van der Waals surface area contributed by atoms with E-state index < -0.39 is 12.0 Å². The summed E-state index contributed by atoms with van der Waals surface area (Å²) in [6.07, 6.45) is 2.13. The molecule has 0 aromatic carbocycles. The molecule has 96 valence electrons. The van der Waals surface area contributed by atoms with Crippen LogP contribution in [0.2, 0.25) is 0 Å². The molecule has 1 saturated heterocycles. The lowest BCUT2D eigenvalue weighted by Gasteiger charge is -2.33. The monoisotopic (exact) mass is 242 g/mol. The van der Waals surface area contributed by atoms with E-state index in [1.165, 1.54) is 0 Å². The van der Waals surface area contributed by atoms with Crippen LogP contribution in [0.5, 0.6) is 0 Å². The molecule has 2 rings (SSSR count). The van der Waals surface area contributed by atoms with Gasteiger partial charge in [-0.3, -0.25) is 14.5 Å². The SMILES string of the molecule is CN(C(=O)CN1CCOCC1C(=O)O)C1CC1. The maximum Gasteiger partial charge on any atom is 0.323 e. The molecular formula is C11H18N2O4. The van der Waals surface area contributed by atoms with Crippen molar-refractivity contribution < 1.29 is 19.4 Å². The highest BCUT2D eigenvalue weighted by Gasteiger charge is 2.34. The van der Waals surface area contributed by atoms with Crippen LogP contribution in [0.15, 0.2) is 0 Å². The van der Waals surface area contributed by atoms with Gasteiger partial charge in [0, 0.05) is 19.6 Å². The van der Waals surface area contributed by atoms with E-state index in [0.717, 1.165) is 12.8 Å². The molecular weight excluding hydrogens is 224 g/mol. The predicted molar refractivity (Wildman–Crippen MR) is 59.6 cm³/mol. The third-order valence-electron chi connectivity index (χ3n) is 3.35. The molecule has 0 spiro atoms. The maximum atomic E-state index is 11.9. The molecule has 1 N–H and O–H groups in total. The normalized spacial score (nSPS) is 25.6. The van der Waals surface area contributed by atoms with Crippen molar-refractivity contribution in [1.82, 2.24) is 9.80 Å². The van der Waals surface area contributed by atoms with Crippen molar-refractivity contribution in [3.05, 3.63) is 0 Å². The maximum absolute atomic E-state index is 11.9. The van der Waals surface area contributed by atoms with Crippen molar-refractivity contribution in [2.45, 2.75) is 24.9 Å². The third kappa shape index (κ3) is 2.95. The number of likely N-dealkylation sites (N-methyl/N-ethyl adjacent to an activating group) is 1. The van der Waals surface area contributed by atoms with Gasteiger partial charge >= 0.3 is 5.97 Å². The molecule has 1 aliphatic heterocycles. The van der Waals surface area contributed by atoms with Gasteiger partial charge in [0.1, 0.15) is 6.04 Å². The van der Waals surface area contributed by atoms with Crippen LogP contribution in [0.3, 0.4) is 0 Å². The van der Waals surface area contributed by atoms with E-state index in [2.05, 4.69) is 0 Å². The summed E-state index contributed by atoms with van der Waals surface area (Å²) in [5, 5.41) is 9.04. The van der Waals surface area contributed by atoms with Crippen LogP contribution < -0.4 is 0 Å². The molecule has 6 heteroatoms. The zero-order chi connectivity index (χ0) is 12.4. The summed E-state index contributed by atoms with van der Waals surface area (Å²) >= 11 is 0. The Kier molecular flexibility index (Phi) is 3.63. The van der Waals surface area contributed by atoms with E-state index in [1.54, 1.807) is 16.8 Å². The number of aliphatic carboxylic acids is 1. The fraction of sp³-hybridized carbons (Fsp3) is 0.818. The van der Waals surface area contributed by atoms with Crippen LogP contribution in [-0.4, -0.2) is 72.2 Å². The minimum atomic E-state index is -0.924. The number of hydrogen-bond acceptors (Lipinski definition) is 4. The molecule has 0 aromatic rings. The molecule has 6 nitrogen and oxygen atoms in total. The van der Waals surface area contributed by atoms with Gasteiger partial charge in [0.15, 0.2) is 0 Å². The van der Waals surface area contributed by atoms with Gasteiger partial charge in [-0.05, 0) is 12.8 Å². The lowest BCUT2D eigenvalue weighted by Crippen LogP contribution is -2.53. The first kappa shape index (κ1) is 12.3. The molecule has 1 unspecified atom stereocenters. The van der Waals surface area contributed by atoms with Crippen LogP contribution >= 0.6 is 0 Å². The first-order valence-corrected chi connectivity index (χ1v) is 5.90. The topological polar surface area (TPSA) is 70.1 Å². The second-order valence-corrected chi connectivity index (χ2v) is 4.64. The van der Waals surface area contributed by atoms with Crippen molar-refractivity contribution in [2.24, 2.45) is 0 Å². The Labute approximate surface area is 100 Å². The number of carbonyl (C=O) groups excluding carboxylic acids is 1. The first-order chi connectivity index (χ1) is 8.09.